The van der Waals surface area contributed by atoms with E-state index in [1.54, 1.807) is 6.07 Å². The summed E-state index contributed by atoms with van der Waals surface area (Å²) in [5.41, 5.74) is 3.31. The van der Waals surface area contributed by atoms with E-state index in [4.69, 9.17) is 0 Å². The lowest BCUT2D eigenvalue weighted by atomic mass is 9.93. The minimum Gasteiger partial charge on any atom is -0.388 e. The Kier molecular flexibility index (Phi) is 3.46. The highest BCUT2D eigenvalue weighted by molar-refractivity contribution is 9.10. The number of aryl methyl sites for hydroxylation is 1. The predicted molar refractivity (Wildman–Crippen MR) is 75.5 cm³/mol. The van der Waals surface area contributed by atoms with E-state index in [0.717, 1.165) is 34.9 Å². The van der Waals surface area contributed by atoms with Crippen molar-refractivity contribution < 1.29 is 9.50 Å². The molecule has 1 aromatic heterocycles. The van der Waals surface area contributed by atoms with Crippen LogP contribution in [0.25, 0.3) is 0 Å². The van der Waals surface area contributed by atoms with E-state index in [1.165, 1.54) is 17.7 Å². The Balaban J connectivity index is 1.87. The fourth-order valence-corrected chi connectivity index (χ4v) is 3.14. The van der Waals surface area contributed by atoms with Crippen molar-refractivity contribution in [3.8, 4) is 0 Å². The Morgan fingerprint density at radius 1 is 1.37 bits per heavy atom. The molecule has 2 nitrogen and oxygen atoms in total. The molecule has 1 unspecified atom stereocenters. The molecule has 1 atom stereocenters. The molecule has 1 heterocycles. The summed E-state index contributed by atoms with van der Waals surface area (Å²) in [7, 11) is 0. The number of aliphatic hydroxyl groups excluding tert-OH is 1. The summed E-state index contributed by atoms with van der Waals surface area (Å²) in [4.78, 5) is 0. The molecule has 1 aromatic carbocycles. The summed E-state index contributed by atoms with van der Waals surface area (Å²) in [5.74, 6) is -0.238. The summed E-state index contributed by atoms with van der Waals surface area (Å²) in [6.07, 6.45) is 6.68. The first-order chi connectivity index (χ1) is 9.13. The molecule has 100 valence electrons. The smallest absolute Gasteiger partial charge is 0.124 e. The third-order valence-corrected chi connectivity index (χ3v) is 4.39. The van der Waals surface area contributed by atoms with Crippen molar-refractivity contribution in [1.82, 2.24) is 4.57 Å². The molecule has 1 N–H and O–H groups in total. The highest BCUT2D eigenvalue weighted by atomic mass is 79.9. The Morgan fingerprint density at radius 2 is 2.21 bits per heavy atom. The van der Waals surface area contributed by atoms with Crippen LogP contribution in [0, 0.1) is 5.82 Å². The van der Waals surface area contributed by atoms with Crippen molar-refractivity contribution >= 4 is 15.9 Å². The van der Waals surface area contributed by atoms with Crippen LogP contribution in [0.5, 0.6) is 0 Å². The molecule has 4 heteroatoms. The first-order valence-electron chi connectivity index (χ1n) is 6.44. The first-order valence-corrected chi connectivity index (χ1v) is 7.23. The van der Waals surface area contributed by atoms with Crippen molar-refractivity contribution in [2.24, 2.45) is 0 Å². The first kappa shape index (κ1) is 12.9. The van der Waals surface area contributed by atoms with Gasteiger partial charge in [0.1, 0.15) is 5.82 Å². The van der Waals surface area contributed by atoms with Gasteiger partial charge in [-0.15, -0.1) is 0 Å². The van der Waals surface area contributed by atoms with Gasteiger partial charge in [0.05, 0.1) is 6.10 Å². The topological polar surface area (TPSA) is 25.2 Å². The zero-order valence-electron chi connectivity index (χ0n) is 10.4. The molecular weight excluding hydrogens is 309 g/mol. The minimum absolute atomic E-state index is 0.238. The Labute approximate surface area is 120 Å². The van der Waals surface area contributed by atoms with E-state index in [9.17, 15) is 9.50 Å². The number of aliphatic hydroxyl groups is 1. The fourth-order valence-electron chi connectivity index (χ4n) is 2.66. The van der Waals surface area contributed by atoms with Gasteiger partial charge in [-0.25, -0.2) is 4.39 Å². The van der Waals surface area contributed by atoms with E-state index in [0.29, 0.717) is 6.54 Å². The van der Waals surface area contributed by atoms with Crippen LogP contribution in [0.2, 0.25) is 0 Å². The van der Waals surface area contributed by atoms with Crippen LogP contribution in [0.3, 0.4) is 0 Å². The van der Waals surface area contributed by atoms with Gasteiger partial charge in [-0.05, 0) is 42.5 Å². The van der Waals surface area contributed by atoms with E-state index < -0.39 is 0 Å². The number of benzene rings is 1. The van der Waals surface area contributed by atoms with Crippen molar-refractivity contribution in [1.29, 1.82) is 0 Å². The number of halogens is 2. The normalized spacial score (nSPS) is 18.4. The standard InChI is InChI=1S/C15H15BrFNO/c16-14-6-12(17)5-4-11(14)8-18-7-10-2-1-3-15(19)13(10)9-18/h4-7,9,15,19H,1-3,8H2. The lowest BCUT2D eigenvalue weighted by molar-refractivity contribution is 0.157. The third kappa shape index (κ3) is 2.60. The Bertz CT molecular complexity index is 608. The van der Waals surface area contributed by atoms with E-state index >= 15 is 0 Å². The maximum Gasteiger partial charge on any atom is 0.124 e. The van der Waals surface area contributed by atoms with Gasteiger partial charge in [0.15, 0.2) is 0 Å². The van der Waals surface area contributed by atoms with E-state index in [1.807, 2.05) is 6.20 Å². The molecule has 1 aliphatic carbocycles. The largest absolute Gasteiger partial charge is 0.388 e. The molecule has 0 radical (unpaired) electrons. The van der Waals surface area contributed by atoms with Gasteiger partial charge in [-0.3, -0.25) is 0 Å². The quantitative estimate of drug-likeness (QED) is 0.893. The number of hydrogen-bond donors (Lipinski definition) is 1. The van der Waals surface area contributed by atoms with Crippen LogP contribution in [0.4, 0.5) is 4.39 Å². The molecule has 0 saturated heterocycles. The molecule has 3 rings (SSSR count). The van der Waals surface area contributed by atoms with Crippen LogP contribution >= 0.6 is 15.9 Å². The highest BCUT2D eigenvalue weighted by Gasteiger charge is 2.19. The zero-order valence-corrected chi connectivity index (χ0v) is 12.0. The molecule has 19 heavy (non-hydrogen) atoms. The maximum absolute atomic E-state index is 13.1. The molecule has 0 fully saturated rings. The number of nitrogens with zero attached hydrogens (tertiary/aromatic N) is 1. The van der Waals surface area contributed by atoms with Gasteiger partial charge >= 0.3 is 0 Å². The lowest BCUT2D eigenvalue weighted by Crippen LogP contribution is -2.05. The molecule has 0 spiro atoms. The van der Waals surface area contributed by atoms with Gasteiger partial charge in [-0.1, -0.05) is 22.0 Å². The number of fused-ring (bicyclic) bond motifs is 1. The van der Waals surface area contributed by atoms with Gasteiger partial charge in [-0.2, -0.15) is 0 Å². The van der Waals surface area contributed by atoms with E-state index in [2.05, 4.69) is 26.7 Å². The highest BCUT2D eigenvalue weighted by Crippen LogP contribution is 2.30. The average molecular weight is 324 g/mol. The second-order valence-corrected chi connectivity index (χ2v) is 5.91. The second kappa shape index (κ2) is 5.10. The predicted octanol–water partition coefficient (Wildman–Crippen LogP) is 3.81. The van der Waals surface area contributed by atoms with Crippen LogP contribution in [0.1, 0.15) is 35.6 Å². The SMILES string of the molecule is OC1CCCc2cn(Cc3ccc(F)cc3Br)cc21. The van der Waals surface area contributed by atoms with E-state index in [-0.39, 0.29) is 11.9 Å². The average Bonchev–Trinajstić information content (AvgIpc) is 2.77. The minimum atomic E-state index is -0.332. The van der Waals surface area contributed by atoms with Gasteiger partial charge in [0.25, 0.3) is 0 Å². The van der Waals surface area contributed by atoms with Crippen LogP contribution < -0.4 is 0 Å². The summed E-state index contributed by atoms with van der Waals surface area (Å²) in [6, 6.07) is 4.74. The third-order valence-electron chi connectivity index (χ3n) is 3.65. The van der Waals surface area contributed by atoms with Crippen molar-refractivity contribution in [3.63, 3.8) is 0 Å². The number of aromatic nitrogens is 1. The van der Waals surface area contributed by atoms with Crippen molar-refractivity contribution in [2.45, 2.75) is 31.9 Å². The zero-order chi connectivity index (χ0) is 13.4. The molecule has 2 aromatic rings. The molecule has 0 aliphatic heterocycles. The molecule has 0 amide bonds. The van der Waals surface area contributed by atoms with Crippen molar-refractivity contribution in [2.75, 3.05) is 0 Å². The van der Waals surface area contributed by atoms with Gasteiger partial charge in [0.2, 0.25) is 0 Å². The second-order valence-electron chi connectivity index (χ2n) is 5.05. The molecule has 1 aliphatic rings. The van der Waals surface area contributed by atoms with Crippen LogP contribution in [0.15, 0.2) is 35.1 Å². The Morgan fingerprint density at radius 3 is 2.95 bits per heavy atom. The monoisotopic (exact) mass is 323 g/mol. The molecule has 0 bridgehead atoms. The number of rotatable bonds is 2. The summed E-state index contributed by atoms with van der Waals surface area (Å²) in [5, 5.41) is 9.96. The fraction of sp³-hybridized carbons (Fsp3) is 0.333. The summed E-state index contributed by atoms with van der Waals surface area (Å²) < 4.78 is 15.9. The van der Waals surface area contributed by atoms with Gasteiger partial charge < -0.3 is 9.67 Å². The van der Waals surface area contributed by atoms with Crippen LogP contribution in [-0.4, -0.2) is 9.67 Å². The number of hydrogen-bond acceptors (Lipinski definition) is 1. The lowest BCUT2D eigenvalue weighted by Gasteiger charge is -2.16. The van der Waals surface area contributed by atoms with Gasteiger partial charge in [0, 0.05) is 29.0 Å². The van der Waals surface area contributed by atoms with Crippen molar-refractivity contribution in [3.05, 3.63) is 57.6 Å². The molecular formula is C15H15BrFNO. The maximum atomic E-state index is 13.1. The van der Waals surface area contributed by atoms with Crippen LogP contribution in [-0.2, 0) is 13.0 Å². The Hall–Kier alpha value is -1.13. The summed E-state index contributed by atoms with van der Waals surface area (Å²) >= 11 is 3.39. The summed E-state index contributed by atoms with van der Waals surface area (Å²) in [6.45, 7) is 0.681. The molecule has 0 saturated carbocycles.